The molecule has 5 heteroatoms. The van der Waals surface area contributed by atoms with Gasteiger partial charge in [0.25, 0.3) is 0 Å². The number of hydrogen-bond acceptors (Lipinski definition) is 4. The van der Waals surface area contributed by atoms with Crippen LogP contribution in [0.5, 0.6) is 0 Å². The van der Waals surface area contributed by atoms with Gasteiger partial charge in [-0.25, -0.2) is 9.79 Å². The molecule has 24 heavy (non-hydrogen) atoms. The van der Waals surface area contributed by atoms with Crippen molar-refractivity contribution in [2.24, 2.45) is 4.99 Å². The summed E-state index contributed by atoms with van der Waals surface area (Å²) >= 11 is 1.75. The van der Waals surface area contributed by atoms with E-state index in [0.717, 1.165) is 0 Å². The van der Waals surface area contributed by atoms with Gasteiger partial charge in [-0.2, -0.15) is 0 Å². The van der Waals surface area contributed by atoms with Crippen LogP contribution in [0, 0.1) is 6.92 Å². The Balaban J connectivity index is 1.70. The summed E-state index contributed by atoms with van der Waals surface area (Å²) in [6, 6.07) is 15.0. The van der Waals surface area contributed by atoms with Crippen LogP contribution in [-0.4, -0.2) is 23.6 Å². The summed E-state index contributed by atoms with van der Waals surface area (Å²) in [7, 11) is 0. The van der Waals surface area contributed by atoms with Gasteiger partial charge < -0.3 is 9.84 Å². The lowest BCUT2D eigenvalue weighted by Gasteiger charge is -2.03. The SMILES string of the molecule is Cc1c(C2COC(c3cccc(C(=O)O)c3)=N2)sc2ccccc12. The van der Waals surface area contributed by atoms with Crippen molar-refractivity contribution in [1.29, 1.82) is 0 Å². The summed E-state index contributed by atoms with van der Waals surface area (Å²) in [5, 5.41) is 10.4. The Morgan fingerprint density at radius 1 is 1.25 bits per heavy atom. The van der Waals surface area contributed by atoms with E-state index < -0.39 is 5.97 Å². The van der Waals surface area contributed by atoms with Crippen LogP contribution in [0.3, 0.4) is 0 Å². The summed E-state index contributed by atoms with van der Waals surface area (Å²) < 4.78 is 7.01. The molecule has 1 atom stereocenters. The van der Waals surface area contributed by atoms with E-state index in [1.54, 1.807) is 29.5 Å². The first kappa shape index (κ1) is 14.9. The van der Waals surface area contributed by atoms with Crippen molar-refractivity contribution in [3.8, 4) is 0 Å². The van der Waals surface area contributed by atoms with Gasteiger partial charge in [0.05, 0.1) is 5.56 Å². The second-order valence-corrected chi connectivity index (χ2v) is 6.82. The molecular formula is C19H15NO3S. The fourth-order valence-electron chi connectivity index (χ4n) is 2.96. The molecule has 1 aliphatic rings. The number of aromatic carboxylic acids is 1. The summed E-state index contributed by atoms with van der Waals surface area (Å²) in [5.41, 5.74) is 2.19. The van der Waals surface area contributed by atoms with Gasteiger partial charge in [0.15, 0.2) is 0 Å². The maximum atomic E-state index is 11.1. The minimum atomic E-state index is -0.952. The van der Waals surface area contributed by atoms with Gasteiger partial charge in [0.2, 0.25) is 5.90 Å². The first-order chi connectivity index (χ1) is 11.6. The molecule has 0 spiro atoms. The summed E-state index contributed by atoms with van der Waals surface area (Å²) in [4.78, 5) is 17.0. The quantitative estimate of drug-likeness (QED) is 0.769. The van der Waals surface area contributed by atoms with E-state index in [-0.39, 0.29) is 11.6 Å². The highest BCUT2D eigenvalue weighted by Crippen LogP contribution is 2.38. The minimum Gasteiger partial charge on any atom is -0.478 e. The zero-order valence-electron chi connectivity index (χ0n) is 13.0. The third-order valence-corrected chi connectivity index (χ3v) is 5.56. The minimum absolute atomic E-state index is 0.0362. The lowest BCUT2D eigenvalue weighted by molar-refractivity contribution is 0.0697. The highest BCUT2D eigenvalue weighted by Gasteiger charge is 2.25. The Morgan fingerprint density at radius 2 is 2.08 bits per heavy atom. The average molecular weight is 337 g/mol. The van der Waals surface area contributed by atoms with E-state index in [1.807, 2.05) is 18.2 Å². The number of fused-ring (bicyclic) bond motifs is 1. The molecule has 2 aromatic carbocycles. The molecule has 1 aromatic heterocycles. The number of carbonyl (C=O) groups is 1. The van der Waals surface area contributed by atoms with Crippen LogP contribution in [-0.2, 0) is 4.74 Å². The number of carboxylic acids is 1. The second-order valence-electron chi connectivity index (χ2n) is 5.73. The topological polar surface area (TPSA) is 58.9 Å². The zero-order valence-corrected chi connectivity index (χ0v) is 13.8. The molecule has 1 N–H and O–H groups in total. The number of ether oxygens (including phenoxy) is 1. The van der Waals surface area contributed by atoms with Crippen LogP contribution in [0.4, 0.5) is 0 Å². The van der Waals surface area contributed by atoms with Crippen LogP contribution in [0.2, 0.25) is 0 Å². The van der Waals surface area contributed by atoms with Crippen molar-refractivity contribution in [3.05, 3.63) is 70.1 Å². The lowest BCUT2D eigenvalue weighted by atomic mass is 10.1. The molecule has 4 rings (SSSR count). The maximum absolute atomic E-state index is 11.1. The predicted octanol–water partition coefficient (Wildman–Crippen LogP) is 4.43. The van der Waals surface area contributed by atoms with E-state index in [4.69, 9.17) is 14.8 Å². The molecule has 4 nitrogen and oxygen atoms in total. The monoisotopic (exact) mass is 337 g/mol. The normalized spacial score (nSPS) is 16.9. The van der Waals surface area contributed by atoms with E-state index >= 15 is 0 Å². The van der Waals surface area contributed by atoms with Crippen molar-refractivity contribution in [2.45, 2.75) is 13.0 Å². The fourth-order valence-corrected chi connectivity index (χ4v) is 4.20. The molecule has 120 valence electrons. The second kappa shape index (κ2) is 5.76. The van der Waals surface area contributed by atoms with Gasteiger partial charge in [0, 0.05) is 15.1 Å². The van der Waals surface area contributed by atoms with Crippen LogP contribution < -0.4 is 0 Å². The molecule has 0 amide bonds. The van der Waals surface area contributed by atoms with E-state index in [1.165, 1.54) is 20.5 Å². The van der Waals surface area contributed by atoms with Crippen molar-refractivity contribution in [2.75, 3.05) is 6.61 Å². The van der Waals surface area contributed by atoms with Crippen molar-refractivity contribution < 1.29 is 14.6 Å². The molecule has 0 radical (unpaired) electrons. The maximum Gasteiger partial charge on any atom is 0.335 e. The van der Waals surface area contributed by atoms with Crippen LogP contribution in [0.25, 0.3) is 10.1 Å². The van der Waals surface area contributed by atoms with Gasteiger partial charge in [-0.3, -0.25) is 0 Å². The van der Waals surface area contributed by atoms with E-state index in [2.05, 4.69) is 19.1 Å². The number of benzene rings is 2. The molecule has 0 aliphatic carbocycles. The van der Waals surface area contributed by atoms with Crippen LogP contribution >= 0.6 is 11.3 Å². The third kappa shape index (κ3) is 2.47. The fraction of sp³-hybridized carbons (Fsp3) is 0.158. The number of aliphatic imine (C=N–C) groups is 1. The first-order valence-electron chi connectivity index (χ1n) is 7.66. The van der Waals surface area contributed by atoms with Gasteiger partial charge in [-0.05, 0) is 42.1 Å². The van der Waals surface area contributed by atoms with Gasteiger partial charge in [-0.1, -0.05) is 24.3 Å². The summed E-state index contributed by atoms with van der Waals surface area (Å²) in [6.45, 7) is 2.60. The highest BCUT2D eigenvalue weighted by atomic mass is 32.1. The number of thiophene rings is 1. The average Bonchev–Trinajstić information content (AvgIpc) is 3.20. The molecule has 0 fully saturated rings. The molecule has 1 aliphatic heterocycles. The van der Waals surface area contributed by atoms with Crippen molar-refractivity contribution in [1.82, 2.24) is 0 Å². The first-order valence-corrected chi connectivity index (χ1v) is 8.47. The molecule has 0 bridgehead atoms. The number of aryl methyl sites for hydroxylation is 1. The Morgan fingerprint density at radius 3 is 2.88 bits per heavy atom. The molecule has 1 unspecified atom stereocenters. The number of nitrogens with zero attached hydrogens (tertiary/aromatic N) is 1. The van der Waals surface area contributed by atoms with E-state index in [9.17, 15) is 4.79 Å². The highest BCUT2D eigenvalue weighted by molar-refractivity contribution is 7.19. The van der Waals surface area contributed by atoms with Gasteiger partial charge >= 0.3 is 5.97 Å². The Bertz CT molecular complexity index is 974. The summed E-state index contributed by atoms with van der Waals surface area (Å²) in [6.07, 6.45) is 0. The lowest BCUT2D eigenvalue weighted by Crippen LogP contribution is -2.04. The molecular weight excluding hydrogens is 322 g/mol. The smallest absolute Gasteiger partial charge is 0.335 e. The Labute approximate surface area is 143 Å². The number of rotatable bonds is 3. The van der Waals surface area contributed by atoms with Gasteiger partial charge in [-0.15, -0.1) is 11.3 Å². The largest absolute Gasteiger partial charge is 0.478 e. The standard InChI is InChI=1S/C19H15NO3S/c1-11-14-7-2-3-8-16(14)24-17(11)15-10-23-18(20-15)12-5-4-6-13(9-12)19(21)22/h2-9,15H,10H2,1H3,(H,21,22). The molecule has 3 aromatic rings. The van der Waals surface area contributed by atoms with Crippen molar-refractivity contribution >= 4 is 33.3 Å². The summed E-state index contributed by atoms with van der Waals surface area (Å²) in [5.74, 6) is -0.438. The third-order valence-electron chi connectivity index (χ3n) is 4.19. The predicted molar refractivity (Wildman–Crippen MR) is 95.2 cm³/mol. The Kier molecular flexibility index (Phi) is 3.58. The number of carboxylic acid groups (broad SMARTS) is 1. The van der Waals surface area contributed by atoms with Crippen LogP contribution in [0.15, 0.2) is 53.5 Å². The van der Waals surface area contributed by atoms with Crippen LogP contribution in [0.1, 0.15) is 32.4 Å². The Hall–Kier alpha value is -2.66. The molecule has 2 heterocycles. The molecule has 0 saturated heterocycles. The molecule has 0 saturated carbocycles. The van der Waals surface area contributed by atoms with Crippen molar-refractivity contribution in [3.63, 3.8) is 0 Å². The van der Waals surface area contributed by atoms with Gasteiger partial charge in [0.1, 0.15) is 12.6 Å². The zero-order chi connectivity index (χ0) is 16.7. The number of hydrogen-bond donors (Lipinski definition) is 1. The van der Waals surface area contributed by atoms with E-state index in [0.29, 0.717) is 18.1 Å².